The van der Waals surface area contributed by atoms with E-state index in [0.29, 0.717) is 26.2 Å². The predicted octanol–water partition coefficient (Wildman–Crippen LogP) is 1.30. The Kier molecular flexibility index (Phi) is 6.37. The molecule has 2 unspecified atom stereocenters. The van der Waals surface area contributed by atoms with Crippen LogP contribution in [0, 0.1) is 0 Å². The Hall–Kier alpha value is -1.19. The third kappa shape index (κ3) is 5.06. The molecule has 0 saturated carbocycles. The largest absolute Gasteiger partial charge is 0.415 e. The molecule has 0 bridgehead atoms. The molecule has 2 atom stereocenters. The highest BCUT2D eigenvalue weighted by Gasteiger charge is 2.44. The van der Waals surface area contributed by atoms with E-state index in [1.807, 2.05) is 0 Å². The van der Waals surface area contributed by atoms with Crippen LogP contribution in [0.4, 0.5) is 13.2 Å². The first-order chi connectivity index (χ1) is 9.36. The van der Waals surface area contributed by atoms with Gasteiger partial charge in [0, 0.05) is 13.5 Å². The van der Waals surface area contributed by atoms with Crippen LogP contribution < -0.4 is 0 Å². The Labute approximate surface area is 113 Å². The zero-order valence-electron chi connectivity index (χ0n) is 11.2. The van der Waals surface area contributed by atoms with E-state index in [1.165, 1.54) is 6.92 Å². The van der Waals surface area contributed by atoms with Gasteiger partial charge < -0.3 is 19.1 Å². The van der Waals surface area contributed by atoms with E-state index in [9.17, 15) is 13.2 Å². The van der Waals surface area contributed by atoms with Crippen LogP contribution in [0.25, 0.3) is 0 Å². The maximum atomic E-state index is 12.3. The lowest BCUT2D eigenvalue weighted by Gasteiger charge is -2.17. The number of hydrogen-bond acceptors (Lipinski definition) is 6. The molecule has 116 valence electrons. The molecule has 0 aromatic carbocycles. The minimum atomic E-state index is -4.72. The van der Waals surface area contributed by atoms with Gasteiger partial charge in [-0.25, -0.2) is 0 Å². The molecule has 1 rings (SSSR count). The number of rotatable bonds is 8. The number of ether oxygens (including phenoxy) is 2. The lowest BCUT2D eigenvalue weighted by atomic mass is 10.1. The average Bonchev–Trinajstić information content (AvgIpc) is 2.84. The average molecular weight is 298 g/mol. The Morgan fingerprint density at radius 2 is 2.00 bits per heavy atom. The SMILES string of the molecule is COCCOCCc1noc(C(C)C(O)C(F)(F)F)n1. The zero-order chi connectivity index (χ0) is 15.2. The Morgan fingerprint density at radius 1 is 1.30 bits per heavy atom. The number of methoxy groups -OCH3 is 1. The molecule has 1 aromatic rings. The first-order valence-electron chi connectivity index (χ1n) is 6.00. The van der Waals surface area contributed by atoms with Crippen molar-refractivity contribution in [1.82, 2.24) is 10.1 Å². The monoisotopic (exact) mass is 298 g/mol. The molecule has 0 saturated heterocycles. The molecule has 0 aliphatic rings. The van der Waals surface area contributed by atoms with Crippen molar-refractivity contribution in [3.05, 3.63) is 11.7 Å². The summed E-state index contributed by atoms with van der Waals surface area (Å²) >= 11 is 0. The van der Waals surface area contributed by atoms with Gasteiger partial charge in [0.05, 0.1) is 25.7 Å². The maximum Gasteiger partial charge on any atom is 0.415 e. The fourth-order valence-electron chi connectivity index (χ4n) is 1.38. The summed E-state index contributed by atoms with van der Waals surface area (Å²) in [5, 5.41) is 12.6. The summed E-state index contributed by atoms with van der Waals surface area (Å²) in [6, 6.07) is 0. The van der Waals surface area contributed by atoms with Crippen LogP contribution in [-0.4, -0.2) is 54.5 Å². The van der Waals surface area contributed by atoms with E-state index in [-0.39, 0.29) is 11.7 Å². The highest BCUT2D eigenvalue weighted by Crippen LogP contribution is 2.30. The number of alkyl halides is 3. The molecular formula is C11H17F3N2O4. The predicted molar refractivity (Wildman–Crippen MR) is 61.2 cm³/mol. The number of halogens is 3. The zero-order valence-corrected chi connectivity index (χ0v) is 11.2. The number of aliphatic hydroxyl groups excluding tert-OH is 1. The number of nitrogens with zero attached hydrogens (tertiary/aromatic N) is 2. The first-order valence-corrected chi connectivity index (χ1v) is 6.00. The molecule has 20 heavy (non-hydrogen) atoms. The highest BCUT2D eigenvalue weighted by molar-refractivity contribution is 4.97. The molecule has 1 N–H and O–H groups in total. The van der Waals surface area contributed by atoms with Crippen LogP contribution in [-0.2, 0) is 15.9 Å². The molecule has 0 aliphatic carbocycles. The number of hydrogen-bond donors (Lipinski definition) is 1. The number of aromatic nitrogens is 2. The summed E-state index contributed by atoms with van der Waals surface area (Å²) in [5.41, 5.74) is 0. The van der Waals surface area contributed by atoms with E-state index in [2.05, 4.69) is 10.1 Å². The van der Waals surface area contributed by atoms with Crippen LogP contribution in [0.1, 0.15) is 24.6 Å². The van der Waals surface area contributed by atoms with Gasteiger partial charge in [0.2, 0.25) is 5.89 Å². The molecule has 0 aliphatic heterocycles. The Bertz CT molecular complexity index is 397. The summed E-state index contributed by atoms with van der Waals surface area (Å²) < 4.78 is 51.7. The summed E-state index contributed by atoms with van der Waals surface area (Å²) in [7, 11) is 1.54. The summed E-state index contributed by atoms with van der Waals surface area (Å²) in [4.78, 5) is 3.81. The van der Waals surface area contributed by atoms with Gasteiger partial charge in [0.1, 0.15) is 0 Å². The lowest BCUT2D eigenvalue weighted by molar-refractivity contribution is -0.210. The summed E-state index contributed by atoms with van der Waals surface area (Å²) in [5.74, 6) is -1.33. The van der Waals surface area contributed by atoms with Crippen LogP contribution in [0.5, 0.6) is 0 Å². The third-order valence-corrected chi connectivity index (χ3v) is 2.58. The molecule has 6 nitrogen and oxygen atoms in total. The quantitative estimate of drug-likeness (QED) is 0.729. The smallest absolute Gasteiger partial charge is 0.383 e. The van der Waals surface area contributed by atoms with Gasteiger partial charge >= 0.3 is 6.18 Å². The molecule has 0 radical (unpaired) electrons. The normalized spacial score (nSPS) is 15.3. The van der Waals surface area contributed by atoms with Crippen molar-refractivity contribution >= 4 is 0 Å². The van der Waals surface area contributed by atoms with Gasteiger partial charge in [-0.2, -0.15) is 18.2 Å². The number of aliphatic hydroxyl groups is 1. The maximum absolute atomic E-state index is 12.3. The van der Waals surface area contributed by atoms with Crippen molar-refractivity contribution in [2.45, 2.75) is 31.5 Å². The van der Waals surface area contributed by atoms with Crippen LogP contribution in [0.15, 0.2) is 4.52 Å². The minimum absolute atomic E-state index is 0.235. The van der Waals surface area contributed by atoms with E-state index < -0.39 is 18.2 Å². The van der Waals surface area contributed by atoms with Crippen molar-refractivity contribution in [3.63, 3.8) is 0 Å². The molecule has 0 fully saturated rings. The van der Waals surface area contributed by atoms with Crippen LogP contribution in [0.2, 0.25) is 0 Å². The van der Waals surface area contributed by atoms with Crippen molar-refractivity contribution in [2.75, 3.05) is 26.9 Å². The molecular weight excluding hydrogens is 281 g/mol. The van der Waals surface area contributed by atoms with Gasteiger partial charge in [-0.05, 0) is 0 Å². The van der Waals surface area contributed by atoms with Crippen molar-refractivity contribution in [1.29, 1.82) is 0 Å². The third-order valence-electron chi connectivity index (χ3n) is 2.58. The van der Waals surface area contributed by atoms with Crippen LogP contribution in [0.3, 0.4) is 0 Å². The molecule has 0 amide bonds. The Morgan fingerprint density at radius 3 is 2.60 bits per heavy atom. The molecule has 1 aromatic heterocycles. The van der Waals surface area contributed by atoms with E-state index in [0.717, 1.165) is 0 Å². The fourth-order valence-corrected chi connectivity index (χ4v) is 1.38. The Balaban J connectivity index is 2.46. The van der Waals surface area contributed by atoms with Crippen LogP contribution >= 0.6 is 0 Å². The van der Waals surface area contributed by atoms with E-state index in [4.69, 9.17) is 19.1 Å². The molecule has 0 spiro atoms. The van der Waals surface area contributed by atoms with Gasteiger partial charge in [-0.1, -0.05) is 12.1 Å². The summed E-state index contributed by atoms with van der Waals surface area (Å²) in [6.45, 7) is 2.33. The standard InChI is InChI=1S/C11H17F3N2O4/c1-7(9(17)11(12,13)14)10-15-8(16-20-10)3-4-19-6-5-18-2/h7,9,17H,3-6H2,1-2H3. The first kappa shape index (κ1) is 16.9. The molecule has 9 heteroatoms. The van der Waals surface area contributed by atoms with Gasteiger partial charge in [0.25, 0.3) is 0 Å². The topological polar surface area (TPSA) is 77.6 Å². The highest BCUT2D eigenvalue weighted by atomic mass is 19.4. The lowest BCUT2D eigenvalue weighted by Crippen LogP contribution is -2.33. The van der Waals surface area contributed by atoms with Gasteiger partial charge in [-0.3, -0.25) is 0 Å². The van der Waals surface area contributed by atoms with Crippen molar-refractivity contribution in [3.8, 4) is 0 Å². The fraction of sp³-hybridized carbons (Fsp3) is 0.818. The minimum Gasteiger partial charge on any atom is -0.383 e. The second kappa shape index (κ2) is 7.55. The van der Waals surface area contributed by atoms with Gasteiger partial charge in [0.15, 0.2) is 11.9 Å². The van der Waals surface area contributed by atoms with Crippen molar-refractivity contribution < 1.29 is 32.3 Å². The second-order valence-electron chi connectivity index (χ2n) is 4.18. The van der Waals surface area contributed by atoms with Gasteiger partial charge in [-0.15, -0.1) is 0 Å². The second-order valence-corrected chi connectivity index (χ2v) is 4.18. The van der Waals surface area contributed by atoms with E-state index in [1.54, 1.807) is 7.11 Å². The van der Waals surface area contributed by atoms with Crippen molar-refractivity contribution in [2.24, 2.45) is 0 Å². The summed E-state index contributed by atoms with van der Waals surface area (Å²) in [6.07, 6.45) is -6.95. The molecule has 1 heterocycles. The van der Waals surface area contributed by atoms with E-state index >= 15 is 0 Å².